The van der Waals surface area contributed by atoms with E-state index in [4.69, 9.17) is 19.0 Å². The van der Waals surface area contributed by atoms with Crippen molar-refractivity contribution in [3.8, 4) is 0 Å². The van der Waals surface area contributed by atoms with Gasteiger partial charge in [0.05, 0.1) is 38.6 Å². The molecule has 2 amide bonds. The van der Waals surface area contributed by atoms with E-state index in [0.717, 1.165) is 12.8 Å². The monoisotopic (exact) mass is 788 g/mol. The van der Waals surface area contributed by atoms with Gasteiger partial charge in [0, 0.05) is 45.1 Å². The van der Waals surface area contributed by atoms with Crippen LogP contribution in [-0.2, 0) is 47.6 Å². The van der Waals surface area contributed by atoms with Crippen LogP contribution in [0.4, 0.5) is 0 Å². The van der Waals surface area contributed by atoms with Crippen LogP contribution < -0.4 is 20.8 Å². The van der Waals surface area contributed by atoms with E-state index >= 15 is 0 Å². The van der Waals surface area contributed by atoms with Crippen LogP contribution >= 0.6 is 7.44 Å². The van der Waals surface area contributed by atoms with E-state index in [2.05, 4.69) is 25.8 Å². The summed E-state index contributed by atoms with van der Waals surface area (Å²) in [6.07, 6.45) is 4.58. The zero-order valence-electron chi connectivity index (χ0n) is 31.9. The fourth-order valence-electron chi connectivity index (χ4n) is 6.27. The number of ether oxygens (including phenoxy) is 3. The highest BCUT2D eigenvalue weighted by atomic mass is 31.2. The molecule has 1 aromatic rings. The van der Waals surface area contributed by atoms with Crippen LogP contribution in [0.1, 0.15) is 45.6 Å². The molecule has 4 N–H and O–H groups in total. The SMILES string of the molecule is CCCCON1CCN(C(=O)C(CP(=O)(NCC(=O)OCC)NCC(=O)OCC)NC(=O)[C@]2(N3CC[C@H](OC)C3)C=CN=C(c3ccccc3)N2)C(=C=O)C1. The Morgan fingerprint density at radius 3 is 2.33 bits per heavy atom. The van der Waals surface area contributed by atoms with E-state index in [0.29, 0.717) is 37.5 Å². The van der Waals surface area contributed by atoms with Crippen molar-refractivity contribution in [2.24, 2.45) is 4.99 Å². The average molecular weight is 789 g/mol. The molecule has 3 aliphatic rings. The number of amidine groups is 1. The minimum atomic E-state index is -4.12. The summed E-state index contributed by atoms with van der Waals surface area (Å²) in [5.41, 5.74) is -0.948. The van der Waals surface area contributed by atoms with E-state index in [-0.39, 0.29) is 44.6 Å². The first kappa shape index (κ1) is 43.5. The summed E-state index contributed by atoms with van der Waals surface area (Å²) in [4.78, 5) is 79.9. The molecule has 3 aliphatic heterocycles. The Balaban J connectivity index is 1.72. The number of nitrogens with one attached hydrogen (secondary N) is 4. The van der Waals surface area contributed by atoms with E-state index < -0.39 is 62.2 Å². The van der Waals surface area contributed by atoms with Gasteiger partial charge in [-0.1, -0.05) is 43.7 Å². The van der Waals surface area contributed by atoms with Gasteiger partial charge in [0.25, 0.3) is 11.8 Å². The minimum Gasteiger partial charge on any atom is -0.465 e. The molecular formula is C36H53N8O10P. The molecule has 0 aliphatic carbocycles. The Morgan fingerprint density at radius 2 is 1.73 bits per heavy atom. The summed E-state index contributed by atoms with van der Waals surface area (Å²) < 4.78 is 30.3. The average Bonchev–Trinajstić information content (AvgIpc) is 3.70. The molecule has 55 heavy (non-hydrogen) atoms. The predicted molar refractivity (Wildman–Crippen MR) is 202 cm³/mol. The van der Waals surface area contributed by atoms with E-state index in [1.165, 1.54) is 11.1 Å². The topological polar surface area (TPSA) is 210 Å². The highest BCUT2D eigenvalue weighted by molar-refractivity contribution is 7.60. The zero-order chi connectivity index (χ0) is 39.8. The van der Waals surface area contributed by atoms with Crippen LogP contribution in [0, 0.1) is 0 Å². The van der Waals surface area contributed by atoms with Gasteiger partial charge in [-0.3, -0.25) is 33.5 Å². The largest absolute Gasteiger partial charge is 0.465 e. The Labute approximate surface area is 321 Å². The second kappa shape index (κ2) is 21.2. The molecule has 2 saturated heterocycles. The Bertz CT molecular complexity index is 1630. The molecule has 0 aromatic heterocycles. The summed E-state index contributed by atoms with van der Waals surface area (Å²) >= 11 is 0. The van der Waals surface area contributed by atoms with Crippen molar-refractivity contribution >= 4 is 43.0 Å². The maximum Gasteiger partial charge on any atom is 0.320 e. The summed E-state index contributed by atoms with van der Waals surface area (Å²) in [5.74, 6) is -0.691. The van der Waals surface area contributed by atoms with Gasteiger partial charge in [0.15, 0.2) is 5.66 Å². The molecule has 0 bridgehead atoms. The van der Waals surface area contributed by atoms with Crippen LogP contribution in [0.15, 0.2) is 53.3 Å². The number of hydrogen-bond acceptors (Lipinski definition) is 14. The number of methoxy groups -OCH3 is 1. The predicted octanol–water partition coefficient (Wildman–Crippen LogP) is 0.542. The number of hydroxylamine groups is 2. The normalized spacial score (nSPS) is 20.9. The van der Waals surface area contributed by atoms with Crippen LogP contribution in [-0.4, -0.2) is 147 Å². The number of carbonyl (C=O) groups excluding carboxylic acids is 5. The standard InChI is InChI=1S/C36H53N8O10P/c1-5-8-20-54-43-18-19-44(28(23-43)25-45)34(48)30(26-55(50,38-21-31(46)52-6-2)39-22-32(47)53-7-3)40-35(49)36(42-17-14-29(24-42)51-4)15-16-37-33(41-36)27-12-10-9-11-13-27/h9-13,15-16,29-30H,5-8,14,17-24,26H2,1-4H3,(H,37,41)(H,40,49)(H2,38,39,50)/t29-,30?,36+/m0/s1. The van der Waals surface area contributed by atoms with Crippen LogP contribution in [0.25, 0.3) is 0 Å². The van der Waals surface area contributed by atoms with Gasteiger partial charge in [-0.25, -0.2) is 20.0 Å². The van der Waals surface area contributed by atoms with Crippen LogP contribution in [0.3, 0.4) is 0 Å². The van der Waals surface area contributed by atoms with Crippen LogP contribution in [0.5, 0.6) is 0 Å². The van der Waals surface area contributed by atoms with Crippen molar-refractivity contribution in [3.05, 3.63) is 53.9 Å². The third-order valence-corrected chi connectivity index (χ3v) is 11.4. The summed E-state index contributed by atoms with van der Waals surface area (Å²) in [7, 11) is -2.52. The Kier molecular flexibility index (Phi) is 16.7. The van der Waals surface area contributed by atoms with E-state index in [1.54, 1.807) is 32.1 Å². The van der Waals surface area contributed by atoms with Gasteiger partial charge in [-0.2, -0.15) is 5.06 Å². The first-order valence-corrected chi connectivity index (χ1v) is 20.4. The number of aliphatic imine (C=N–C) groups is 1. The Morgan fingerprint density at radius 1 is 1.04 bits per heavy atom. The number of unbranched alkanes of at least 4 members (excludes halogenated alkanes) is 1. The molecule has 18 nitrogen and oxygen atoms in total. The molecule has 4 rings (SSSR count). The number of benzene rings is 1. The van der Waals surface area contributed by atoms with Gasteiger partial charge in [-0.15, -0.1) is 0 Å². The quantitative estimate of drug-likeness (QED) is 0.0616. The lowest BCUT2D eigenvalue weighted by atomic mass is 10.0. The molecule has 1 aromatic carbocycles. The maximum atomic E-state index is 14.9. The molecule has 2 fully saturated rings. The van der Waals surface area contributed by atoms with Gasteiger partial charge in [0.2, 0.25) is 7.44 Å². The summed E-state index contributed by atoms with van der Waals surface area (Å²) in [5, 5.41) is 13.0. The second-order valence-corrected chi connectivity index (χ2v) is 15.4. The molecule has 1 unspecified atom stereocenters. The third kappa shape index (κ3) is 11.9. The molecule has 3 heterocycles. The number of carbonyl (C=O) groups is 4. The minimum absolute atomic E-state index is 0.00549. The van der Waals surface area contributed by atoms with Crippen molar-refractivity contribution in [3.63, 3.8) is 0 Å². The molecule has 302 valence electrons. The molecule has 0 spiro atoms. The maximum absolute atomic E-state index is 14.9. The van der Waals surface area contributed by atoms with Crippen molar-refractivity contribution in [1.82, 2.24) is 35.7 Å². The first-order valence-electron chi connectivity index (χ1n) is 18.5. The fraction of sp³-hybridized carbons (Fsp3) is 0.583. The smallest absolute Gasteiger partial charge is 0.320 e. The first-order chi connectivity index (χ1) is 26.5. The van der Waals surface area contributed by atoms with Gasteiger partial charge >= 0.3 is 11.9 Å². The fourth-order valence-corrected chi connectivity index (χ4v) is 8.17. The van der Waals surface area contributed by atoms with Crippen molar-refractivity contribution in [1.29, 1.82) is 0 Å². The molecule has 0 radical (unpaired) electrons. The van der Waals surface area contributed by atoms with Crippen LogP contribution in [0.2, 0.25) is 0 Å². The highest BCUT2D eigenvalue weighted by Crippen LogP contribution is 2.37. The van der Waals surface area contributed by atoms with Crippen molar-refractivity contribution in [2.75, 3.05) is 78.9 Å². The van der Waals surface area contributed by atoms with E-state index in [9.17, 15) is 28.5 Å². The van der Waals surface area contributed by atoms with E-state index in [1.807, 2.05) is 48.1 Å². The number of rotatable bonds is 20. The van der Waals surface area contributed by atoms with Crippen molar-refractivity contribution in [2.45, 2.75) is 57.8 Å². The van der Waals surface area contributed by atoms with Gasteiger partial charge in [0.1, 0.15) is 36.6 Å². The number of nitrogens with zero attached hydrogens (tertiary/aromatic N) is 4. The second-order valence-electron chi connectivity index (χ2n) is 13.0. The highest BCUT2D eigenvalue weighted by Gasteiger charge is 2.49. The summed E-state index contributed by atoms with van der Waals surface area (Å²) in [6.45, 7) is 5.65. The third-order valence-electron chi connectivity index (χ3n) is 9.19. The summed E-state index contributed by atoms with van der Waals surface area (Å²) in [6, 6.07) is 7.62. The molecule has 3 atom stereocenters. The lowest BCUT2D eigenvalue weighted by Gasteiger charge is -2.42. The lowest BCUT2D eigenvalue weighted by molar-refractivity contribution is -0.171. The molecule has 19 heteroatoms. The number of likely N-dealkylation sites (tertiary alicyclic amines) is 1. The lowest BCUT2D eigenvalue weighted by Crippen LogP contribution is -2.70. The molecule has 0 saturated carbocycles. The number of esters is 2. The van der Waals surface area contributed by atoms with Gasteiger partial charge in [-0.05, 0) is 32.8 Å². The number of hydrogen-bond donors (Lipinski definition) is 4. The Hall–Kier alpha value is -4.25. The molecular weight excluding hydrogens is 735 g/mol. The number of piperazine rings is 1. The van der Waals surface area contributed by atoms with Gasteiger partial charge < -0.3 is 29.7 Å². The van der Waals surface area contributed by atoms with Crippen molar-refractivity contribution < 1.29 is 47.6 Å². The zero-order valence-corrected chi connectivity index (χ0v) is 32.8. The number of amides is 2.